The normalized spacial score (nSPS) is 15.0. The second-order valence-corrected chi connectivity index (χ2v) is 9.15. The highest BCUT2D eigenvalue weighted by atomic mass is 32.2. The predicted octanol–water partition coefficient (Wildman–Crippen LogP) is 1.41. The fourth-order valence-electron chi connectivity index (χ4n) is 2.84. The minimum Gasteiger partial charge on any atom is -0.496 e. The summed E-state index contributed by atoms with van der Waals surface area (Å²) in [6, 6.07) is 6.87. The molecule has 1 fully saturated rings. The molecule has 0 unspecified atom stereocenters. The minimum absolute atomic E-state index is 0.0773. The third-order valence-corrected chi connectivity index (χ3v) is 6.37. The fraction of sp³-hybridized carbons (Fsp3) is 0.579. The first-order valence-corrected chi connectivity index (χ1v) is 11.3. The Morgan fingerprint density at radius 2 is 1.75 bits per heavy atom. The second kappa shape index (κ2) is 12.0. The summed E-state index contributed by atoms with van der Waals surface area (Å²) in [5.74, 6) is -2.56. The summed E-state index contributed by atoms with van der Waals surface area (Å²) in [5, 5.41) is 10.3. The van der Waals surface area contributed by atoms with Crippen LogP contribution in [0.5, 0.6) is 5.75 Å². The van der Waals surface area contributed by atoms with Crippen LogP contribution in [0.3, 0.4) is 0 Å². The number of hydrogen-bond donors (Lipinski definition) is 2. The van der Waals surface area contributed by atoms with Crippen molar-refractivity contribution >= 4 is 21.9 Å². The molecule has 1 saturated heterocycles. The highest BCUT2D eigenvalue weighted by Gasteiger charge is 2.38. The first-order chi connectivity index (χ1) is 14.8. The average molecular weight is 484 g/mol. The molecule has 0 spiro atoms. The Balaban J connectivity index is 0.000000633. The maximum atomic E-state index is 12.9. The molecule has 9 nitrogen and oxygen atoms in total. The van der Waals surface area contributed by atoms with Crippen LogP contribution >= 0.6 is 0 Å². The summed E-state index contributed by atoms with van der Waals surface area (Å²) in [5.41, 5.74) is 0.443. The Kier molecular flexibility index (Phi) is 10.4. The van der Waals surface area contributed by atoms with Crippen molar-refractivity contribution in [3.8, 4) is 5.75 Å². The number of carboxylic acid groups (broad SMARTS) is 1. The van der Waals surface area contributed by atoms with E-state index >= 15 is 0 Å². The Hall–Kier alpha value is -2.38. The van der Waals surface area contributed by atoms with Crippen molar-refractivity contribution in [1.29, 1.82) is 0 Å². The second-order valence-electron chi connectivity index (χ2n) is 7.06. The van der Waals surface area contributed by atoms with E-state index in [-0.39, 0.29) is 24.2 Å². The van der Waals surface area contributed by atoms with E-state index in [2.05, 4.69) is 5.32 Å². The number of sulfonamides is 1. The van der Waals surface area contributed by atoms with Crippen LogP contribution in [0.4, 0.5) is 13.2 Å². The van der Waals surface area contributed by atoms with Crippen molar-refractivity contribution in [2.75, 3.05) is 45.6 Å². The van der Waals surface area contributed by atoms with Gasteiger partial charge in [0.2, 0.25) is 10.0 Å². The van der Waals surface area contributed by atoms with Crippen LogP contribution in [0.25, 0.3) is 0 Å². The number of aliphatic carboxylic acids is 1. The zero-order valence-electron chi connectivity index (χ0n) is 18.1. The molecular formula is C19H28F3N3O6S. The number of nitrogens with one attached hydrogen (secondary N) is 1. The molecule has 32 heavy (non-hydrogen) atoms. The lowest BCUT2D eigenvalue weighted by molar-refractivity contribution is -0.192. The van der Waals surface area contributed by atoms with Crippen LogP contribution in [0.1, 0.15) is 24.2 Å². The molecule has 2 rings (SSSR count). The zero-order chi connectivity index (χ0) is 24.5. The average Bonchev–Trinajstić information content (AvgIpc) is 2.73. The van der Waals surface area contributed by atoms with Gasteiger partial charge in [-0.25, -0.2) is 13.2 Å². The van der Waals surface area contributed by atoms with E-state index in [1.165, 1.54) is 11.4 Å². The van der Waals surface area contributed by atoms with Gasteiger partial charge in [-0.05, 0) is 26.0 Å². The number of halogens is 3. The van der Waals surface area contributed by atoms with Crippen molar-refractivity contribution in [2.24, 2.45) is 0 Å². The first-order valence-electron chi connectivity index (χ1n) is 9.74. The van der Waals surface area contributed by atoms with Gasteiger partial charge in [-0.2, -0.15) is 17.5 Å². The van der Waals surface area contributed by atoms with E-state index in [9.17, 15) is 26.4 Å². The van der Waals surface area contributed by atoms with E-state index in [0.717, 1.165) is 0 Å². The molecule has 1 aliphatic rings. The highest BCUT2D eigenvalue weighted by molar-refractivity contribution is 7.89. The van der Waals surface area contributed by atoms with E-state index < -0.39 is 22.2 Å². The number of benzene rings is 1. The number of carboxylic acids is 1. The van der Waals surface area contributed by atoms with Gasteiger partial charge in [0.25, 0.3) is 5.91 Å². The fourth-order valence-corrected chi connectivity index (χ4v) is 4.26. The number of hydrogen-bond acceptors (Lipinski definition) is 6. The number of methoxy groups -OCH3 is 1. The van der Waals surface area contributed by atoms with Crippen molar-refractivity contribution in [3.05, 3.63) is 29.8 Å². The molecule has 0 aliphatic carbocycles. The summed E-state index contributed by atoms with van der Waals surface area (Å²) in [4.78, 5) is 23.4. The summed E-state index contributed by atoms with van der Waals surface area (Å²) in [6.45, 7) is 6.19. The number of nitrogens with zero attached hydrogens (tertiary/aromatic N) is 2. The van der Waals surface area contributed by atoms with Crippen LogP contribution in [0, 0.1) is 0 Å². The summed E-state index contributed by atoms with van der Waals surface area (Å²) >= 11 is 0. The first kappa shape index (κ1) is 27.7. The lowest BCUT2D eigenvalue weighted by Crippen LogP contribution is -2.49. The Morgan fingerprint density at radius 3 is 2.22 bits per heavy atom. The molecule has 1 amide bonds. The molecule has 1 aromatic carbocycles. The Morgan fingerprint density at radius 1 is 1.22 bits per heavy atom. The SMILES string of the molecule is COc1ccccc1C(=O)N(CCS(=O)(=O)N1CCNCC1)C(C)C.O=C(O)C(F)(F)F. The summed E-state index contributed by atoms with van der Waals surface area (Å²) in [6.07, 6.45) is -5.08. The van der Waals surface area contributed by atoms with Gasteiger partial charge in [0.15, 0.2) is 0 Å². The standard InChI is InChI=1S/C17H27N3O4S.C2HF3O2/c1-14(2)20(17(21)15-6-4-5-7-16(15)24-3)12-13-25(22,23)19-10-8-18-9-11-19;3-2(4,5)1(6)7/h4-7,14,18H,8-13H2,1-3H3;(H,6,7). The number of rotatable bonds is 7. The number of piperazine rings is 1. The van der Waals surface area contributed by atoms with Crippen molar-refractivity contribution in [2.45, 2.75) is 26.1 Å². The van der Waals surface area contributed by atoms with Crippen LogP contribution in [-0.2, 0) is 14.8 Å². The largest absolute Gasteiger partial charge is 0.496 e. The molecule has 1 heterocycles. The minimum atomic E-state index is -5.08. The topological polar surface area (TPSA) is 116 Å². The van der Waals surface area contributed by atoms with Gasteiger partial charge in [0, 0.05) is 38.8 Å². The molecule has 1 aromatic rings. The van der Waals surface area contributed by atoms with Gasteiger partial charge in [0.05, 0.1) is 18.4 Å². The number of carbonyl (C=O) groups excluding carboxylic acids is 1. The van der Waals surface area contributed by atoms with Gasteiger partial charge in [-0.15, -0.1) is 0 Å². The number of carbonyl (C=O) groups is 2. The van der Waals surface area contributed by atoms with Gasteiger partial charge >= 0.3 is 12.1 Å². The molecule has 2 N–H and O–H groups in total. The monoisotopic (exact) mass is 483 g/mol. The Bertz CT molecular complexity index is 871. The van der Waals surface area contributed by atoms with E-state index in [4.69, 9.17) is 14.6 Å². The number of alkyl halides is 3. The van der Waals surface area contributed by atoms with Crippen molar-refractivity contribution < 1.29 is 41.0 Å². The van der Waals surface area contributed by atoms with Gasteiger partial charge in [0.1, 0.15) is 5.75 Å². The zero-order valence-corrected chi connectivity index (χ0v) is 18.9. The van der Waals surface area contributed by atoms with Gasteiger partial charge in [-0.3, -0.25) is 4.79 Å². The molecule has 0 atom stereocenters. The lowest BCUT2D eigenvalue weighted by atomic mass is 10.1. The molecule has 0 aromatic heterocycles. The number of amides is 1. The van der Waals surface area contributed by atoms with E-state index in [1.807, 2.05) is 13.8 Å². The van der Waals surface area contributed by atoms with Crippen LogP contribution in [0.2, 0.25) is 0 Å². The maximum absolute atomic E-state index is 12.9. The predicted molar refractivity (Wildman–Crippen MR) is 111 cm³/mol. The quantitative estimate of drug-likeness (QED) is 0.603. The van der Waals surface area contributed by atoms with E-state index in [0.29, 0.717) is 37.5 Å². The van der Waals surface area contributed by atoms with Gasteiger partial charge < -0.3 is 20.1 Å². The lowest BCUT2D eigenvalue weighted by Gasteiger charge is -2.30. The highest BCUT2D eigenvalue weighted by Crippen LogP contribution is 2.20. The molecule has 0 radical (unpaired) electrons. The van der Waals surface area contributed by atoms with Crippen LogP contribution < -0.4 is 10.1 Å². The maximum Gasteiger partial charge on any atom is 0.490 e. The van der Waals surface area contributed by atoms with Crippen LogP contribution in [0.15, 0.2) is 24.3 Å². The van der Waals surface area contributed by atoms with Crippen LogP contribution in [-0.4, -0.2) is 92.4 Å². The summed E-state index contributed by atoms with van der Waals surface area (Å²) < 4.78 is 63.5. The molecule has 0 bridgehead atoms. The van der Waals surface area contributed by atoms with Gasteiger partial charge in [-0.1, -0.05) is 12.1 Å². The third-order valence-electron chi connectivity index (χ3n) is 4.52. The molecule has 1 aliphatic heterocycles. The van der Waals surface area contributed by atoms with E-state index in [1.54, 1.807) is 29.2 Å². The molecular weight excluding hydrogens is 455 g/mol. The molecule has 0 saturated carbocycles. The van der Waals surface area contributed by atoms with Crippen molar-refractivity contribution in [3.63, 3.8) is 0 Å². The summed E-state index contributed by atoms with van der Waals surface area (Å²) in [7, 11) is -1.86. The number of para-hydroxylation sites is 1. The Labute approximate surface area is 185 Å². The van der Waals surface area contributed by atoms with Crippen molar-refractivity contribution in [1.82, 2.24) is 14.5 Å². The molecule has 182 valence electrons. The number of ether oxygens (including phenoxy) is 1. The molecule has 13 heteroatoms. The smallest absolute Gasteiger partial charge is 0.490 e. The third kappa shape index (κ3) is 8.28.